The van der Waals surface area contributed by atoms with Crippen molar-refractivity contribution >= 4 is 18.5 Å². The van der Waals surface area contributed by atoms with Gasteiger partial charge in [0.15, 0.2) is 0 Å². The van der Waals surface area contributed by atoms with Crippen LogP contribution < -0.4 is 4.74 Å². The third-order valence-electron chi connectivity index (χ3n) is 2.33. The molecule has 1 unspecified atom stereocenters. The van der Waals surface area contributed by atoms with E-state index in [9.17, 15) is 4.79 Å². The molecule has 88 valence electrons. The standard InChI is InChI=1S/C12H17NO2S/c1-9(16)12(14)13(2)8-10-6-4-5-7-11(10)15-3/h4-7,9,16H,8H2,1-3H3. The number of hydrogen-bond donors (Lipinski definition) is 1. The first-order valence-electron chi connectivity index (χ1n) is 5.11. The number of nitrogens with zero attached hydrogens (tertiary/aromatic N) is 1. The van der Waals surface area contributed by atoms with E-state index in [2.05, 4.69) is 12.6 Å². The molecule has 0 aliphatic carbocycles. The van der Waals surface area contributed by atoms with Gasteiger partial charge in [0.05, 0.1) is 12.4 Å². The maximum Gasteiger partial charge on any atom is 0.235 e. The molecule has 0 aliphatic rings. The molecule has 0 bridgehead atoms. The van der Waals surface area contributed by atoms with Gasteiger partial charge < -0.3 is 9.64 Å². The van der Waals surface area contributed by atoms with Gasteiger partial charge in [-0.1, -0.05) is 18.2 Å². The summed E-state index contributed by atoms with van der Waals surface area (Å²) in [4.78, 5) is 13.3. The molecule has 1 amide bonds. The summed E-state index contributed by atoms with van der Waals surface area (Å²) in [6.45, 7) is 2.30. The molecule has 0 saturated carbocycles. The number of carbonyl (C=O) groups is 1. The Balaban J connectivity index is 2.76. The van der Waals surface area contributed by atoms with Crippen molar-refractivity contribution in [2.24, 2.45) is 0 Å². The number of carbonyl (C=O) groups excluding carboxylic acids is 1. The molecule has 0 aromatic heterocycles. The molecule has 0 radical (unpaired) electrons. The number of thiol groups is 1. The third-order valence-corrected chi connectivity index (χ3v) is 2.55. The highest BCUT2D eigenvalue weighted by atomic mass is 32.1. The van der Waals surface area contributed by atoms with Crippen LogP contribution in [0.4, 0.5) is 0 Å². The van der Waals surface area contributed by atoms with Crippen LogP contribution in [0, 0.1) is 0 Å². The van der Waals surface area contributed by atoms with E-state index in [1.807, 2.05) is 24.3 Å². The average Bonchev–Trinajstić information content (AvgIpc) is 2.28. The monoisotopic (exact) mass is 239 g/mol. The van der Waals surface area contributed by atoms with E-state index in [0.717, 1.165) is 11.3 Å². The number of ether oxygens (including phenoxy) is 1. The summed E-state index contributed by atoms with van der Waals surface area (Å²) in [7, 11) is 3.39. The van der Waals surface area contributed by atoms with Crippen molar-refractivity contribution in [2.45, 2.75) is 18.7 Å². The molecule has 16 heavy (non-hydrogen) atoms. The Labute approximate surface area is 102 Å². The van der Waals surface area contributed by atoms with Gasteiger partial charge in [-0.3, -0.25) is 4.79 Å². The van der Waals surface area contributed by atoms with Crippen molar-refractivity contribution in [3.05, 3.63) is 29.8 Å². The van der Waals surface area contributed by atoms with Gasteiger partial charge in [-0.25, -0.2) is 0 Å². The van der Waals surface area contributed by atoms with Crippen LogP contribution in [0.3, 0.4) is 0 Å². The number of amides is 1. The first-order valence-corrected chi connectivity index (χ1v) is 5.63. The fourth-order valence-corrected chi connectivity index (χ4v) is 1.68. The lowest BCUT2D eigenvalue weighted by Gasteiger charge is -2.20. The van der Waals surface area contributed by atoms with Gasteiger partial charge in [0.1, 0.15) is 5.75 Å². The smallest absolute Gasteiger partial charge is 0.235 e. The molecule has 0 N–H and O–H groups in total. The zero-order chi connectivity index (χ0) is 12.1. The number of rotatable bonds is 4. The highest BCUT2D eigenvalue weighted by molar-refractivity contribution is 7.81. The predicted octanol–water partition coefficient (Wildman–Crippen LogP) is 1.97. The second kappa shape index (κ2) is 5.80. The minimum Gasteiger partial charge on any atom is -0.496 e. The summed E-state index contributed by atoms with van der Waals surface area (Å²) in [5.41, 5.74) is 0.995. The number of para-hydroxylation sites is 1. The second-order valence-corrected chi connectivity index (χ2v) is 4.46. The Bertz CT molecular complexity index is 366. The molecule has 1 rings (SSSR count). The highest BCUT2D eigenvalue weighted by Gasteiger charge is 2.15. The van der Waals surface area contributed by atoms with Crippen molar-refractivity contribution in [3.63, 3.8) is 0 Å². The summed E-state index contributed by atoms with van der Waals surface area (Å²) >= 11 is 4.13. The number of methoxy groups -OCH3 is 1. The zero-order valence-corrected chi connectivity index (χ0v) is 10.7. The van der Waals surface area contributed by atoms with E-state index in [4.69, 9.17) is 4.74 Å². The van der Waals surface area contributed by atoms with Crippen LogP contribution in [0.15, 0.2) is 24.3 Å². The molecule has 1 aromatic rings. The Morgan fingerprint density at radius 3 is 2.69 bits per heavy atom. The van der Waals surface area contributed by atoms with Crippen LogP contribution in [-0.2, 0) is 11.3 Å². The molecule has 0 aliphatic heterocycles. The van der Waals surface area contributed by atoms with E-state index in [1.165, 1.54) is 0 Å². The van der Waals surface area contributed by atoms with E-state index in [-0.39, 0.29) is 11.2 Å². The van der Waals surface area contributed by atoms with Crippen LogP contribution in [0.1, 0.15) is 12.5 Å². The lowest BCUT2D eigenvalue weighted by atomic mass is 10.2. The molecule has 0 fully saturated rings. The van der Waals surface area contributed by atoms with Crippen molar-refractivity contribution in [3.8, 4) is 5.75 Å². The summed E-state index contributed by atoms with van der Waals surface area (Å²) in [5.74, 6) is 0.809. The molecule has 0 saturated heterocycles. The molecular formula is C12H17NO2S. The van der Waals surface area contributed by atoms with Gasteiger partial charge in [0.25, 0.3) is 0 Å². The predicted molar refractivity (Wildman–Crippen MR) is 67.9 cm³/mol. The van der Waals surface area contributed by atoms with Crippen molar-refractivity contribution in [2.75, 3.05) is 14.2 Å². The largest absolute Gasteiger partial charge is 0.496 e. The summed E-state index contributed by atoms with van der Waals surface area (Å²) in [6.07, 6.45) is 0. The molecule has 0 heterocycles. The molecule has 1 atom stereocenters. The van der Waals surface area contributed by atoms with E-state index < -0.39 is 0 Å². The molecule has 1 aromatic carbocycles. The molecular weight excluding hydrogens is 222 g/mol. The minimum atomic E-state index is -0.278. The topological polar surface area (TPSA) is 29.5 Å². The van der Waals surface area contributed by atoms with E-state index in [1.54, 1.807) is 26.0 Å². The van der Waals surface area contributed by atoms with Crippen LogP contribution >= 0.6 is 12.6 Å². The fourth-order valence-electron chi connectivity index (χ4n) is 1.49. The van der Waals surface area contributed by atoms with Crippen LogP contribution in [-0.4, -0.2) is 30.2 Å². The second-order valence-electron chi connectivity index (χ2n) is 3.68. The summed E-state index contributed by atoms with van der Waals surface area (Å²) < 4.78 is 5.23. The van der Waals surface area contributed by atoms with Crippen LogP contribution in [0.5, 0.6) is 5.75 Å². The van der Waals surface area contributed by atoms with Gasteiger partial charge in [0, 0.05) is 19.2 Å². The quantitative estimate of drug-likeness (QED) is 0.814. The van der Waals surface area contributed by atoms with Crippen molar-refractivity contribution in [1.29, 1.82) is 0 Å². The van der Waals surface area contributed by atoms with E-state index in [0.29, 0.717) is 6.54 Å². The molecule has 4 heteroatoms. The number of hydrogen-bond acceptors (Lipinski definition) is 3. The normalized spacial score (nSPS) is 12.0. The maximum atomic E-state index is 11.7. The Morgan fingerprint density at radius 2 is 2.12 bits per heavy atom. The highest BCUT2D eigenvalue weighted by Crippen LogP contribution is 2.19. The first-order chi connectivity index (χ1) is 7.56. The minimum absolute atomic E-state index is 0.00856. The Hall–Kier alpha value is -1.16. The van der Waals surface area contributed by atoms with Gasteiger partial charge in [0.2, 0.25) is 5.91 Å². The summed E-state index contributed by atoms with van der Waals surface area (Å²) in [6, 6.07) is 7.68. The average molecular weight is 239 g/mol. The Morgan fingerprint density at radius 1 is 1.50 bits per heavy atom. The number of benzene rings is 1. The first kappa shape index (κ1) is 12.9. The van der Waals surface area contributed by atoms with Gasteiger partial charge in [-0.2, -0.15) is 12.6 Å². The maximum absolute atomic E-state index is 11.7. The molecule has 0 spiro atoms. The Kier molecular flexibility index (Phi) is 4.68. The van der Waals surface area contributed by atoms with Crippen molar-refractivity contribution in [1.82, 2.24) is 4.90 Å². The van der Waals surface area contributed by atoms with Gasteiger partial charge in [-0.05, 0) is 13.0 Å². The van der Waals surface area contributed by atoms with Crippen molar-refractivity contribution < 1.29 is 9.53 Å². The lowest BCUT2D eigenvalue weighted by Crippen LogP contribution is -2.31. The molecule has 3 nitrogen and oxygen atoms in total. The lowest BCUT2D eigenvalue weighted by molar-refractivity contribution is -0.129. The van der Waals surface area contributed by atoms with Crippen LogP contribution in [0.25, 0.3) is 0 Å². The third kappa shape index (κ3) is 3.17. The SMILES string of the molecule is COc1ccccc1CN(C)C(=O)C(C)S. The van der Waals surface area contributed by atoms with E-state index >= 15 is 0 Å². The summed E-state index contributed by atoms with van der Waals surface area (Å²) in [5, 5.41) is -0.278. The fraction of sp³-hybridized carbons (Fsp3) is 0.417. The van der Waals surface area contributed by atoms with Gasteiger partial charge in [-0.15, -0.1) is 0 Å². The van der Waals surface area contributed by atoms with Crippen LogP contribution in [0.2, 0.25) is 0 Å². The van der Waals surface area contributed by atoms with Gasteiger partial charge >= 0.3 is 0 Å². The zero-order valence-electron chi connectivity index (χ0n) is 9.80.